The normalized spacial score (nSPS) is 19.8. The number of anilines is 1. The van der Waals surface area contributed by atoms with Gasteiger partial charge in [0.15, 0.2) is 0 Å². The largest absolute Gasteiger partial charge is 0.480 e. The van der Waals surface area contributed by atoms with E-state index < -0.39 is 23.2 Å². The van der Waals surface area contributed by atoms with Crippen molar-refractivity contribution in [3.8, 4) is 0 Å². The van der Waals surface area contributed by atoms with Crippen molar-refractivity contribution >= 4 is 23.6 Å². The lowest BCUT2D eigenvalue weighted by molar-refractivity contribution is -0.138. The first-order valence-corrected chi connectivity index (χ1v) is 9.06. The summed E-state index contributed by atoms with van der Waals surface area (Å²) in [7, 11) is 0. The number of imide groups is 1. The first-order valence-electron chi connectivity index (χ1n) is 9.06. The van der Waals surface area contributed by atoms with Gasteiger partial charge in [-0.1, -0.05) is 6.07 Å². The first-order chi connectivity index (χ1) is 12.7. The molecule has 0 spiro atoms. The Balaban J connectivity index is 1.62. The fourth-order valence-electron chi connectivity index (χ4n) is 3.77. The van der Waals surface area contributed by atoms with Crippen LogP contribution in [0.2, 0.25) is 0 Å². The minimum atomic E-state index is -0.886. The second-order valence-corrected chi connectivity index (χ2v) is 7.73. The van der Waals surface area contributed by atoms with Crippen LogP contribution in [0.1, 0.15) is 32.3 Å². The number of nitrogens with zero attached hydrogens (tertiary/aromatic N) is 2. The number of amides is 3. The van der Waals surface area contributed by atoms with E-state index in [2.05, 4.69) is 5.32 Å². The van der Waals surface area contributed by atoms with E-state index >= 15 is 0 Å². The van der Waals surface area contributed by atoms with E-state index in [1.807, 2.05) is 4.90 Å². The lowest BCUT2D eigenvalue weighted by Gasteiger charge is -2.31. The molecule has 8 heteroatoms. The van der Waals surface area contributed by atoms with E-state index in [1.165, 1.54) is 12.1 Å². The number of hydrogen-bond acceptors (Lipinski definition) is 4. The van der Waals surface area contributed by atoms with Crippen molar-refractivity contribution in [3.05, 3.63) is 29.6 Å². The number of aliphatic carboxylic acids is 1. The number of piperidine rings is 1. The van der Waals surface area contributed by atoms with Gasteiger partial charge in [-0.05, 0) is 63.4 Å². The number of urea groups is 1. The van der Waals surface area contributed by atoms with Gasteiger partial charge in [-0.15, -0.1) is 0 Å². The smallest absolute Gasteiger partial charge is 0.328 e. The summed E-state index contributed by atoms with van der Waals surface area (Å²) < 4.78 is 13.7. The van der Waals surface area contributed by atoms with Gasteiger partial charge in [0.25, 0.3) is 0 Å². The van der Waals surface area contributed by atoms with E-state index in [4.69, 9.17) is 5.11 Å². The van der Waals surface area contributed by atoms with Crippen LogP contribution in [-0.2, 0) is 15.0 Å². The van der Waals surface area contributed by atoms with Gasteiger partial charge in [0, 0.05) is 6.54 Å². The number of fused-ring (bicyclic) bond motifs is 1. The number of benzene rings is 1. The monoisotopic (exact) mass is 377 g/mol. The SMILES string of the molecule is CC1(C)C(=O)N(C(=O)NCC2CCN(CC(=O)O)CC2)c2cc(F)ccc21. The molecule has 0 bridgehead atoms. The van der Waals surface area contributed by atoms with Crippen LogP contribution in [0.5, 0.6) is 0 Å². The predicted molar refractivity (Wildman–Crippen MR) is 97.1 cm³/mol. The Bertz CT molecular complexity index is 772. The van der Waals surface area contributed by atoms with Crippen LogP contribution in [0.3, 0.4) is 0 Å². The van der Waals surface area contributed by atoms with Crippen LogP contribution >= 0.6 is 0 Å². The number of halogens is 1. The zero-order chi connectivity index (χ0) is 19.8. The van der Waals surface area contributed by atoms with Crippen LogP contribution in [0.25, 0.3) is 0 Å². The molecule has 0 radical (unpaired) electrons. The summed E-state index contributed by atoms with van der Waals surface area (Å²) in [6, 6.07) is 3.51. The third-order valence-electron chi connectivity index (χ3n) is 5.42. The molecule has 0 aliphatic carbocycles. The minimum absolute atomic E-state index is 0.0266. The van der Waals surface area contributed by atoms with Gasteiger partial charge >= 0.3 is 12.0 Å². The van der Waals surface area contributed by atoms with Crippen molar-refractivity contribution in [1.29, 1.82) is 0 Å². The zero-order valence-electron chi connectivity index (χ0n) is 15.5. The first kappa shape index (κ1) is 19.3. The van der Waals surface area contributed by atoms with Gasteiger partial charge in [0.2, 0.25) is 5.91 Å². The van der Waals surface area contributed by atoms with Gasteiger partial charge in [0.05, 0.1) is 17.6 Å². The summed E-state index contributed by atoms with van der Waals surface area (Å²) in [5, 5.41) is 11.6. The summed E-state index contributed by atoms with van der Waals surface area (Å²) in [5.41, 5.74) is 0.0348. The topological polar surface area (TPSA) is 90.0 Å². The number of nitrogens with one attached hydrogen (secondary N) is 1. The lowest BCUT2D eigenvalue weighted by Crippen LogP contribution is -2.48. The van der Waals surface area contributed by atoms with E-state index in [0.717, 1.165) is 17.7 Å². The van der Waals surface area contributed by atoms with Crippen molar-refractivity contribution in [2.75, 3.05) is 31.1 Å². The highest BCUT2D eigenvalue weighted by Crippen LogP contribution is 2.41. The van der Waals surface area contributed by atoms with Gasteiger partial charge in [-0.25, -0.2) is 14.1 Å². The molecule has 2 heterocycles. The molecule has 1 saturated heterocycles. The lowest BCUT2D eigenvalue weighted by atomic mass is 9.86. The average Bonchev–Trinajstić information content (AvgIpc) is 2.79. The summed E-state index contributed by atoms with van der Waals surface area (Å²) in [6.45, 7) is 5.19. The number of likely N-dealkylation sites (tertiary alicyclic amines) is 1. The maximum Gasteiger partial charge on any atom is 0.328 e. The fourth-order valence-corrected chi connectivity index (χ4v) is 3.77. The van der Waals surface area contributed by atoms with Gasteiger partial charge in [-0.2, -0.15) is 0 Å². The van der Waals surface area contributed by atoms with Crippen molar-refractivity contribution < 1.29 is 23.9 Å². The fraction of sp³-hybridized carbons (Fsp3) is 0.526. The Morgan fingerprint density at radius 3 is 2.59 bits per heavy atom. The minimum Gasteiger partial charge on any atom is -0.480 e. The van der Waals surface area contributed by atoms with E-state index in [9.17, 15) is 18.8 Å². The molecule has 3 amide bonds. The molecule has 7 nitrogen and oxygen atoms in total. The average molecular weight is 377 g/mol. The molecule has 0 atom stereocenters. The summed E-state index contributed by atoms with van der Waals surface area (Å²) in [4.78, 5) is 39.0. The van der Waals surface area contributed by atoms with Crippen LogP contribution < -0.4 is 10.2 Å². The quantitative estimate of drug-likeness (QED) is 0.837. The highest BCUT2D eigenvalue weighted by molar-refractivity contribution is 6.22. The second kappa shape index (κ2) is 7.26. The van der Waals surface area contributed by atoms with Gasteiger partial charge < -0.3 is 10.4 Å². The van der Waals surface area contributed by atoms with Crippen LogP contribution in [0.15, 0.2) is 18.2 Å². The third kappa shape index (κ3) is 3.80. The van der Waals surface area contributed by atoms with Crippen LogP contribution in [0.4, 0.5) is 14.9 Å². The Morgan fingerprint density at radius 1 is 1.30 bits per heavy atom. The maximum atomic E-state index is 13.7. The zero-order valence-corrected chi connectivity index (χ0v) is 15.5. The Kier molecular flexibility index (Phi) is 5.19. The molecular formula is C19H24FN3O4. The Labute approximate surface area is 157 Å². The second-order valence-electron chi connectivity index (χ2n) is 7.73. The molecule has 146 valence electrons. The molecule has 0 saturated carbocycles. The number of carbonyl (C=O) groups is 3. The van der Waals surface area contributed by atoms with E-state index in [0.29, 0.717) is 30.9 Å². The van der Waals surface area contributed by atoms with Crippen LogP contribution in [0, 0.1) is 11.7 Å². The molecule has 1 aromatic rings. The molecule has 27 heavy (non-hydrogen) atoms. The molecule has 1 aromatic carbocycles. The Hall–Kier alpha value is -2.48. The highest BCUT2D eigenvalue weighted by atomic mass is 19.1. The highest BCUT2D eigenvalue weighted by Gasteiger charge is 2.46. The van der Waals surface area contributed by atoms with Crippen molar-refractivity contribution in [1.82, 2.24) is 10.2 Å². The molecule has 2 aliphatic rings. The summed E-state index contributed by atoms with van der Waals surface area (Å²) >= 11 is 0. The number of carboxylic acids is 1. The third-order valence-corrected chi connectivity index (χ3v) is 5.42. The number of hydrogen-bond donors (Lipinski definition) is 2. The van der Waals surface area contributed by atoms with Gasteiger partial charge in [-0.3, -0.25) is 14.5 Å². The number of rotatable bonds is 4. The van der Waals surface area contributed by atoms with Crippen molar-refractivity contribution in [2.24, 2.45) is 5.92 Å². The molecule has 3 rings (SSSR count). The standard InChI is InChI=1S/C19H24FN3O4/c1-19(2)14-4-3-13(20)9-15(14)23(17(19)26)18(27)21-10-12-5-7-22(8-6-12)11-16(24)25/h3-4,9,12H,5-8,10-11H2,1-2H3,(H,21,27)(H,24,25). The summed E-state index contributed by atoms with van der Waals surface area (Å²) in [5.74, 6) is -1.50. The van der Waals surface area contributed by atoms with Crippen LogP contribution in [-0.4, -0.2) is 54.1 Å². The maximum absolute atomic E-state index is 13.7. The van der Waals surface area contributed by atoms with Crippen molar-refractivity contribution in [3.63, 3.8) is 0 Å². The van der Waals surface area contributed by atoms with E-state index in [-0.39, 0.29) is 18.4 Å². The predicted octanol–water partition coefficient (Wildman–Crippen LogP) is 1.96. The Morgan fingerprint density at radius 2 is 1.96 bits per heavy atom. The molecule has 2 N–H and O–H groups in total. The molecule has 2 aliphatic heterocycles. The summed E-state index contributed by atoms with van der Waals surface area (Å²) in [6.07, 6.45) is 1.55. The molecular weight excluding hydrogens is 353 g/mol. The molecule has 0 unspecified atom stereocenters. The molecule has 0 aromatic heterocycles. The van der Waals surface area contributed by atoms with Crippen molar-refractivity contribution in [2.45, 2.75) is 32.1 Å². The molecule has 1 fully saturated rings. The number of carbonyl (C=O) groups excluding carboxylic acids is 2. The van der Waals surface area contributed by atoms with Gasteiger partial charge in [0.1, 0.15) is 5.82 Å². The number of carboxylic acid groups (broad SMARTS) is 1. The van der Waals surface area contributed by atoms with E-state index in [1.54, 1.807) is 19.9 Å².